The second-order valence-electron chi connectivity index (χ2n) is 5.39. The van der Waals surface area contributed by atoms with Gasteiger partial charge in [0.1, 0.15) is 10.6 Å². The third kappa shape index (κ3) is 3.21. The maximum Gasteiger partial charge on any atom is 0.258 e. The van der Waals surface area contributed by atoms with E-state index in [1.165, 1.54) is 18.0 Å². The number of rotatable bonds is 5. The Kier molecular flexibility index (Phi) is 4.07. The van der Waals surface area contributed by atoms with Gasteiger partial charge in [0.2, 0.25) is 0 Å². The van der Waals surface area contributed by atoms with Crippen molar-refractivity contribution in [2.24, 2.45) is 0 Å². The van der Waals surface area contributed by atoms with Crippen molar-refractivity contribution in [3.8, 4) is 0 Å². The Morgan fingerprint density at radius 1 is 1.40 bits per heavy atom. The number of hydrogen-bond acceptors (Lipinski definition) is 6. The summed E-state index contributed by atoms with van der Waals surface area (Å²) in [5.74, 6) is 0.186. The number of ether oxygens (including phenoxy) is 1. The summed E-state index contributed by atoms with van der Waals surface area (Å²) in [6, 6.07) is 0.316. The molecule has 0 bridgehead atoms. The average Bonchev–Trinajstić information content (AvgIpc) is 3.19. The Hall–Kier alpha value is -1.34. The Balaban J connectivity index is 1.61. The lowest BCUT2D eigenvalue weighted by molar-refractivity contribution is 0.0248. The molecule has 7 heteroatoms. The summed E-state index contributed by atoms with van der Waals surface area (Å²) < 4.78 is 9.76. The molecule has 1 saturated heterocycles. The van der Waals surface area contributed by atoms with Crippen LogP contribution in [0.1, 0.15) is 42.5 Å². The van der Waals surface area contributed by atoms with Crippen LogP contribution < -0.4 is 16.4 Å². The van der Waals surface area contributed by atoms with Gasteiger partial charge in [0.15, 0.2) is 5.82 Å². The summed E-state index contributed by atoms with van der Waals surface area (Å²) in [6.07, 6.45) is 5.73. The van der Waals surface area contributed by atoms with Gasteiger partial charge in [-0.3, -0.25) is 4.79 Å². The number of hydrogen-bond donors (Lipinski definition) is 3. The highest BCUT2D eigenvalue weighted by molar-refractivity contribution is 7.11. The number of nitrogens with one attached hydrogen (secondary N) is 2. The molecule has 2 aliphatic rings. The first-order chi connectivity index (χ1) is 9.74. The zero-order valence-corrected chi connectivity index (χ0v) is 12.2. The first-order valence-corrected chi connectivity index (χ1v) is 7.93. The van der Waals surface area contributed by atoms with Gasteiger partial charge in [-0.15, -0.1) is 0 Å². The monoisotopic (exact) mass is 296 g/mol. The summed E-state index contributed by atoms with van der Waals surface area (Å²) >= 11 is 1.24. The minimum absolute atomic E-state index is 0.120. The van der Waals surface area contributed by atoms with E-state index < -0.39 is 0 Å². The van der Waals surface area contributed by atoms with Gasteiger partial charge in [-0.25, -0.2) is 0 Å². The Morgan fingerprint density at radius 3 is 2.95 bits per heavy atom. The van der Waals surface area contributed by atoms with Crippen molar-refractivity contribution < 1.29 is 9.53 Å². The molecular weight excluding hydrogens is 276 g/mol. The van der Waals surface area contributed by atoms with Crippen molar-refractivity contribution in [1.82, 2.24) is 9.69 Å². The standard InChI is InChI=1S/C13H20N4O2S/c14-11-10(12(18)16-8-4-5-8)13(20-17-11)15-7-9-3-1-2-6-19-9/h8-9,15H,1-7H2,(H2,14,17)(H,16,18). The van der Waals surface area contributed by atoms with Crippen molar-refractivity contribution in [3.63, 3.8) is 0 Å². The SMILES string of the molecule is Nc1nsc(NCC2CCCCO2)c1C(=O)NC1CC1. The van der Waals surface area contributed by atoms with Crippen molar-refractivity contribution in [3.05, 3.63) is 5.56 Å². The topological polar surface area (TPSA) is 89.3 Å². The molecule has 0 spiro atoms. The Morgan fingerprint density at radius 2 is 2.25 bits per heavy atom. The highest BCUT2D eigenvalue weighted by Gasteiger charge is 2.27. The van der Waals surface area contributed by atoms with Crippen molar-refractivity contribution in [2.75, 3.05) is 24.2 Å². The maximum absolute atomic E-state index is 12.2. The number of carbonyl (C=O) groups is 1. The quantitative estimate of drug-likeness (QED) is 0.768. The van der Waals surface area contributed by atoms with Crippen LogP contribution in [0.5, 0.6) is 0 Å². The number of anilines is 2. The molecule has 2 heterocycles. The molecule has 1 aromatic rings. The van der Waals surface area contributed by atoms with Gasteiger partial charge < -0.3 is 21.1 Å². The molecule has 0 radical (unpaired) electrons. The molecule has 0 aromatic carbocycles. The molecule has 1 aliphatic heterocycles. The fourth-order valence-electron chi connectivity index (χ4n) is 2.30. The van der Waals surface area contributed by atoms with Crippen molar-refractivity contribution in [1.29, 1.82) is 0 Å². The molecule has 2 fully saturated rings. The minimum atomic E-state index is -0.120. The summed E-state index contributed by atoms with van der Waals surface area (Å²) in [7, 11) is 0. The summed E-state index contributed by atoms with van der Waals surface area (Å²) in [5.41, 5.74) is 6.30. The number of aromatic nitrogens is 1. The molecule has 1 atom stereocenters. The molecule has 1 aromatic heterocycles. The smallest absolute Gasteiger partial charge is 0.258 e. The lowest BCUT2D eigenvalue weighted by Crippen LogP contribution is -2.29. The van der Waals surface area contributed by atoms with E-state index in [1.54, 1.807) is 0 Å². The first-order valence-electron chi connectivity index (χ1n) is 7.15. The number of nitrogens with two attached hydrogens (primary N) is 1. The third-order valence-electron chi connectivity index (χ3n) is 3.62. The molecule has 6 nitrogen and oxygen atoms in total. The Bertz CT molecular complexity index is 481. The van der Waals surface area contributed by atoms with E-state index in [0.29, 0.717) is 24.0 Å². The van der Waals surface area contributed by atoms with Crippen LogP contribution in [0.25, 0.3) is 0 Å². The van der Waals surface area contributed by atoms with Gasteiger partial charge in [0.05, 0.1) is 6.10 Å². The zero-order valence-electron chi connectivity index (χ0n) is 11.4. The predicted molar refractivity (Wildman–Crippen MR) is 79.1 cm³/mol. The minimum Gasteiger partial charge on any atom is -0.382 e. The van der Waals surface area contributed by atoms with Gasteiger partial charge in [-0.2, -0.15) is 4.37 Å². The number of amides is 1. The molecule has 20 heavy (non-hydrogen) atoms. The fraction of sp³-hybridized carbons (Fsp3) is 0.692. The molecule has 1 unspecified atom stereocenters. The average molecular weight is 296 g/mol. The second-order valence-corrected chi connectivity index (χ2v) is 6.16. The molecule has 1 saturated carbocycles. The van der Waals surface area contributed by atoms with E-state index in [2.05, 4.69) is 15.0 Å². The van der Waals surface area contributed by atoms with Crippen LogP contribution in [0.2, 0.25) is 0 Å². The molecule has 3 rings (SSSR count). The van der Waals surface area contributed by atoms with Gasteiger partial charge in [0.25, 0.3) is 5.91 Å². The van der Waals surface area contributed by atoms with Gasteiger partial charge >= 0.3 is 0 Å². The van der Waals surface area contributed by atoms with Crippen LogP contribution in [-0.2, 0) is 4.74 Å². The number of carbonyl (C=O) groups excluding carboxylic acids is 1. The highest BCUT2D eigenvalue weighted by atomic mass is 32.1. The van der Waals surface area contributed by atoms with Gasteiger partial charge in [0, 0.05) is 19.2 Å². The van der Waals surface area contributed by atoms with Crippen molar-refractivity contribution >= 4 is 28.3 Å². The summed E-state index contributed by atoms with van der Waals surface area (Å²) in [4.78, 5) is 12.2. The van der Waals surface area contributed by atoms with Crippen LogP contribution >= 0.6 is 11.5 Å². The molecule has 1 amide bonds. The second kappa shape index (κ2) is 5.97. The molecular formula is C13H20N4O2S. The van der Waals surface area contributed by atoms with Crippen LogP contribution in [0.3, 0.4) is 0 Å². The molecule has 4 N–H and O–H groups in total. The zero-order chi connectivity index (χ0) is 13.9. The lowest BCUT2D eigenvalue weighted by atomic mass is 10.1. The van der Waals surface area contributed by atoms with E-state index in [-0.39, 0.29) is 12.0 Å². The Labute approximate surface area is 122 Å². The molecule has 110 valence electrons. The lowest BCUT2D eigenvalue weighted by Gasteiger charge is -2.22. The van der Waals surface area contributed by atoms with E-state index in [4.69, 9.17) is 10.5 Å². The summed E-state index contributed by atoms with van der Waals surface area (Å²) in [5, 5.41) is 6.97. The first kappa shape index (κ1) is 13.6. The largest absolute Gasteiger partial charge is 0.382 e. The predicted octanol–water partition coefficient (Wildman–Crippen LogP) is 1.60. The maximum atomic E-state index is 12.2. The molecule has 1 aliphatic carbocycles. The normalized spacial score (nSPS) is 22.5. The number of nitrogens with zero attached hydrogens (tertiary/aromatic N) is 1. The third-order valence-corrected chi connectivity index (χ3v) is 4.44. The van der Waals surface area contributed by atoms with E-state index in [0.717, 1.165) is 37.3 Å². The highest BCUT2D eigenvalue weighted by Crippen LogP contribution is 2.28. The van der Waals surface area contributed by atoms with E-state index >= 15 is 0 Å². The van der Waals surface area contributed by atoms with Gasteiger partial charge in [-0.1, -0.05) is 0 Å². The van der Waals surface area contributed by atoms with E-state index in [9.17, 15) is 4.79 Å². The van der Waals surface area contributed by atoms with Crippen LogP contribution in [-0.4, -0.2) is 35.6 Å². The van der Waals surface area contributed by atoms with Crippen molar-refractivity contribution in [2.45, 2.75) is 44.2 Å². The van der Waals surface area contributed by atoms with Gasteiger partial charge in [-0.05, 0) is 43.6 Å². The summed E-state index contributed by atoms with van der Waals surface area (Å²) in [6.45, 7) is 1.53. The van der Waals surface area contributed by atoms with Crippen LogP contribution in [0, 0.1) is 0 Å². The number of nitrogen functional groups attached to an aromatic ring is 1. The van der Waals surface area contributed by atoms with Crippen LogP contribution in [0.4, 0.5) is 10.8 Å². The fourth-order valence-corrected chi connectivity index (χ4v) is 3.02. The van der Waals surface area contributed by atoms with E-state index in [1.807, 2.05) is 0 Å². The van der Waals surface area contributed by atoms with Crippen LogP contribution in [0.15, 0.2) is 0 Å².